The highest BCUT2D eigenvalue weighted by molar-refractivity contribution is 5.91. The Morgan fingerprint density at radius 3 is 1.13 bits per heavy atom. The molecule has 0 aromatic heterocycles. The van der Waals surface area contributed by atoms with Crippen molar-refractivity contribution in [2.75, 3.05) is 18.0 Å². The van der Waals surface area contributed by atoms with E-state index in [4.69, 9.17) is 0 Å². The minimum absolute atomic E-state index is 0.326. The maximum atomic E-state index is 2.49. The van der Waals surface area contributed by atoms with E-state index in [-0.39, 0.29) is 5.41 Å². The van der Waals surface area contributed by atoms with Crippen LogP contribution in [0.3, 0.4) is 0 Å². The zero-order chi connectivity index (χ0) is 36.6. The lowest BCUT2D eigenvalue weighted by molar-refractivity contribution is 0.753. The SMILES string of the molecule is CC.CC.CC.CC.CC.CC.CC.CC.CCN(CC)c1cccc2c1C(c1ccccc1)(c1ccccc1)c1ccccc1-2. The Kier molecular flexibility index (Phi) is 35.6. The summed E-state index contributed by atoms with van der Waals surface area (Å²) in [5.41, 5.74) is 9.12. The maximum Gasteiger partial charge on any atom is 0.0733 e. The van der Waals surface area contributed by atoms with Crippen LogP contribution in [-0.2, 0) is 5.41 Å². The van der Waals surface area contributed by atoms with Gasteiger partial charge in [-0.15, -0.1) is 0 Å². The van der Waals surface area contributed by atoms with Gasteiger partial charge in [0.25, 0.3) is 0 Å². The normalized spacial score (nSPS) is 9.87. The lowest BCUT2D eigenvalue weighted by Gasteiger charge is -2.37. The molecule has 0 bridgehead atoms. The average Bonchev–Trinajstić information content (AvgIpc) is 3.51. The Bertz CT molecular complexity index is 1120. The molecule has 0 fully saturated rings. The summed E-state index contributed by atoms with van der Waals surface area (Å²) in [7, 11) is 0. The summed E-state index contributed by atoms with van der Waals surface area (Å²) in [6, 6.07) is 37.8. The van der Waals surface area contributed by atoms with Crippen molar-refractivity contribution < 1.29 is 0 Å². The van der Waals surface area contributed by atoms with Crippen LogP contribution >= 0.6 is 0 Å². The Balaban J connectivity index is -0.000000484. The van der Waals surface area contributed by atoms with Gasteiger partial charge in [-0.3, -0.25) is 0 Å². The fourth-order valence-electron chi connectivity index (χ4n) is 5.31. The Morgan fingerprint density at radius 2 is 0.739 bits per heavy atom. The first-order valence-electron chi connectivity index (χ1n) is 18.9. The molecule has 260 valence electrons. The fourth-order valence-corrected chi connectivity index (χ4v) is 5.31. The van der Waals surface area contributed by atoms with Gasteiger partial charge >= 0.3 is 0 Å². The molecule has 46 heavy (non-hydrogen) atoms. The van der Waals surface area contributed by atoms with E-state index >= 15 is 0 Å². The molecule has 4 aromatic rings. The second-order valence-electron chi connectivity index (χ2n) is 7.90. The number of hydrogen-bond donors (Lipinski definition) is 0. The molecule has 0 atom stereocenters. The molecule has 4 aromatic carbocycles. The summed E-state index contributed by atoms with van der Waals surface area (Å²) in [6.07, 6.45) is 0. The summed E-state index contributed by atoms with van der Waals surface area (Å²) in [5.74, 6) is 0. The molecule has 1 aliphatic carbocycles. The van der Waals surface area contributed by atoms with Crippen LogP contribution in [0.15, 0.2) is 103 Å². The monoisotopic (exact) mass is 630 g/mol. The van der Waals surface area contributed by atoms with Crippen LogP contribution in [0.1, 0.15) is 147 Å². The van der Waals surface area contributed by atoms with Crippen molar-refractivity contribution in [3.63, 3.8) is 0 Å². The van der Waals surface area contributed by atoms with Gasteiger partial charge in [-0.2, -0.15) is 0 Å². The third kappa shape index (κ3) is 11.8. The van der Waals surface area contributed by atoms with Crippen LogP contribution in [0, 0.1) is 0 Å². The molecule has 0 amide bonds. The van der Waals surface area contributed by atoms with E-state index in [1.807, 2.05) is 111 Å². The molecule has 5 rings (SSSR count). The number of benzene rings is 4. The molecule has 1 aliphatic rings. The predicted octanol–water partition coefficient (Wildman–Crippen LogP) is 15.1. The highest BCUT2D eigenvalue weighted by Gasteiger charge is 2.47. The lowest BCUT2D eigenvalue weighted by atomic mass is 9.67. The van der Waals surface area contributed by atoms with Crippen molar-refractivity contribution in [1.82, 2.24) is 0 Å². The van der Waals surface area contributed by atoms with Gasteiger partial charge in [0.05, 0.1) is 5.41 Å². The van der Waals surface area contributed by atoms with Crippen LogP contribution in [0.4, 0.5) is 5.69 Å². The van der Waals surface area contributed by atoms with Crippen LogP contribution in [0.25, 0.3) is 11.1 Å². The van der Waals surface area contributed by atoms with Crippen molar-refractivity contribution in [3.05, 3.63) is 125 Å². The second kappa shape index (κ2) is 33.1. The highest BCUT2D eigenvalue weighted by Crippen LogP contribution is 2.58. The third-order valence-electron chi connectivity index (χ3n) is 6.56. The first-order valence-corrected chi connectivity index (χ1v) is 18.9. The number of nitrogens with zero attached hydrogens (tertiary/aromatic N) is 1. The molecule has 0 heterocycles. The molecule has 0 aliphatic heterocycles. The molecule has 0 radical (unpaired) electrons. The number of anilines is 1. The molecule has 1 nitrogen and oxygen atoms in total. The van der Waals surface area contributed by atoms with E-state index in [2.05, 4.69) is 122 Å². The predicted molar refractivity (Wildman–Crippen MR) is 218 cm³/mol. The van der Waals surface area contributed by atoms with E-state index in [0.717, 1.165) is 13.1 Å². The Morgan fingerprint density at radius 1 is 0.391 bits per heavy atom. The van der Waals surface area contributed by atoms with Crippen molar-refractivity contribution in [2.45, 2.75) is 130 Å². The number of hydrogen-bond acceptors (Lipinski definition) is 1. The topological polar surface area (TPSA) is 3.24 Å². The molecular formula is C45H75N. The molecule has 0 spiro atoms. The van der Waals surface area contributed by atoms with Crippen LogP contribution < -0.4 is 4.90 Å². The standard InChI is InChI=1S/C29H27N.8C2H6/c1-3-30(4-2)27-21-13-19-25-24-18-11-12-20-26(24)29(28(25)27,22-14-7-5-8-15-22)23-16-9-6-10-17-23;8*1-2/h5-21H,3-4H2,1-2H3;8*1-2H3. The minimum atomic E-state index is -0.326. The zero-order valence-electron chi connectivity index (χ0n) is 33.7. The van der Waals surface area contributed by atoms with E-state index in [0.29, 0.717) is 0 Å². The zero-order valence-corrected chi connectivity index (χ0v) is 33.7. The Labute approximate surface area is 289 Å². The number of fused-ring (bicyclic) bond motifs is 3. The molecule has 0 saturated heterocycles. The van der Waals surface area contributed by atoms with Crippen LogP contribution in [0.5, 0.6) is 0 Å². The van der Waals surface area contributed by atoms with Gasteiger partial charge in [0.2, 0.25) is 0 Å². The first kappa shape index (κ1) is 49.6. The first-order chi connectivity index (χ1) is 22.8. The number of rotatable bonds is 5. The smallest absolute Gasteiger partial charge is 0.0733 e. The van der Waals surface area contributed by atoms with Crippen LogP contribution in [-0.4, -0.2) is 13.1 Å². The van der Waals surface area contributed by atoms with E-state index in [9.17, 15) is 0 Å². The minimum Gasteiger partial charge on any atom is -0.372 e. The van der Waals surface area contributed by atoms with Gasteiger partial charge in [0.1, 0.15) is 0 Å². The van der Waals surface area contributed by atoms with Gasteiger partial charge in [-0.1, -0.05) is 208 Å². The third-order valence-corrected chi connectivity index (χ3v) is 6.56. The molecule has 0 unspecified atom stereocenters. The molecular weight excluding hydrogens is 555 g/mol. The second-order valence-corrected chi connectivity index (χ2v) is 7.90. The fraction of sp³-hybridized carbons (Fsp3) is 0.467. The van der Waals surface area contributed by atoms with Crippen molar-refractivity contribution in [2.24, 2.45) is 0 Å². The van der Waals surface area contributed by atoms with Crippen LogP contribution in [0.2, 0.25) is 0 Å². The largest absolute Gasteiger partial charge is 0.372 e. The quantitative estimate of drug-likeness (QED) is 0.187. The highest BCUT2D eigenvalue weighted by atomic mass is 15.1. The van der Waals surface area contributed by atoms with Gasteiger partial charge in [-0.05, 0) is 47.7 Å². The van der Waals surface area contributed by atoms with Crippen molar-refractivity contribution in [3.8, 4) is 11.1 Å². The van der Waals surface area contributed by atoms with E-state index in [1.54, 1.807) is 0 Å². The van der Waals surface area contributed by atoms with E-state index in [1.165, 1.54) is 39.1 Å². The lowest BCUT2D eigenvalue weighted by Crippen LogP contribution is -2.32. The summed E-state index contributed by atoms with van der Waals surface area (Å²) < 4.78 is 0. The molecule has 0 N–H and O–H groups in total. The van der Waals surface area contributed by atoms with Gasteiger partial charge in [0, 0.05) is 24.3 Å². The van der Waals surface area contributed by atoms with Crippen molar-refractivity contribution >= 4 is 5.69 Å². The summed E-state index contributed by atoms with van der Waals surface area (Å²) in [6.45, 7) is 38.5. The van der Waals surface area contributed by atoms with Gasteiger partial charge < -0.3 is 4.90 Å². The van der Waals surface area contributed by atoms with Crippen molar-refractivity contribution in [1.29, 1.82) is 0 Å². The average molecular weight is 630 g/mol. The van der Waals surface area contributed by atoms with Gasteiger partial charge in [0.15, 0.2) is 0 Å². The molecule has 1 heteroatoms. The molecule has 0 saturated carbocycles. The van der Waals surface area contributed by atoms with Gasteiger partial charge in [-0.25, -0.2) is 0 Å². The summed E-state index contributed by atoms with van der Waals surface area (Å²) >= 11 is 0. The van der Waals surface area contributed by atoms with E-state index < -0.39 is 0 Å². The summed E-state index contributed by atoms with van der Waals surface area (Å²) in [5, 5.41) is 0. The summed E-state index contributed by atoms with van der Waals surface area (Å²) in [4.78, 5) is 2.49. The maximum absolute atomic E-state index is 2.49. The Hall–Kier alpha value is -3.32.